The van der Waals surface area contributed by atoms with Crippen LogP contribution in [0.25, 0.3) is 11.2 Å². The number of nitrogens with one attached hydrogen (secondary N) is 2. The van der Waals surface area contributed by atoms with Crippen molar-refractivity contribution in [2.75, 3.05) is 59.1 Å². The molecular formula is C37H56N13O24P4+. The third-order valence-corrected chi connectivity index (χ3v) is 18.5. The number of carbonyl (C=O) groups excluding carboxylic acids is 1. The van der Waals surface area contributed by atoms with E-state index in [0.717, 1.165) is 30.3 Å². The van der Waals surface area contributed by atoms with Gasteiger partial charge in [-0.25, -0.2) is 37.8 Å². The van der Waals surface area contributed by atoms with E-state index in [1.54, 1.807) is 7.05 Å². The van der Waals surface area contributed by atoms with Crippen molar-refractivity contribution < 1.29 is 109 Å². The Morgan fingerprint density at radius 3 is 2.14 bits per heavy atom. The highest BCUT2D eigenvalue weighted by Crippen LogP contribution is 2.62. The van der Waals surface area contributed by atoms with Gasteiger partial charge < -0.3 is 85.2 Å². The summed E-state index contributed by atoms with van der Waals surface area (Å²) in [7, 11) is -15.9. The topological polar surface area (TPSA) is 517 Å². The summed E-state index contributed by atoms with van der Waals surface area (Å²) in [6.45, 7) is -2.94. The van der Waals surface area contributed by atoms with E-state index in [-0.39, 0.29) is 40.9 Å². The van der Waals surface area contributed by atoms with Crippen LogP contribution in [0.4, 0.5) is 11.6 Å². The molecular weight excluding hydrogens is 1130 g/mol. The number of ether oxygens (including phenoxy) is 4. The number of nitrogen functional groups attached to an aromatic ring is 1. The van der Waals surface area contributed by atoms with Gasteiger partial charge in [0, 0.05) is 45.8 Å². The normalized spacial score (nSPS) is 31.2. The maximum atomic E-state index is 13.6. The highest BCUT2D eigenvalue weighted by atomic mass is 31.3. The van der Waals surface area contributed by atoms with Crippen LogP contribution in [0.3, 0.4) is 0 Å². The van der Waals surface area contributed by atoms with Crippen molar-refractivity contribution in [3.8, 4) is 0 Å². The van der Waals surface area contributed by atoms with Crippen molar-refractivity contribution in [1.29, 1.82) is 0 Å². The first kappa shape index (κ1) is 59.3. The number of nitrogens with zero attached hydrogens (tertiary/aromatic N) is 9. The van der Waals surface area contributed by atoms with Crippen LogP contribution in [0.15, 0.2) is 45.8 Å². The molecule has 4 aromatic heterocycles. The molecule has 0 spiro atoms. The number of aryl methyl sites for hydroxylation is 1. The molecule has 17 atom stereocenters. The number of aromatic nitrogens is 8. The molecule has 1 amide bonds. The van der Waals surface area contributed by atoms with Crippen LogP contribution in [-0.4, -0.2) is 193 Å². The molecule has 0 aromatic carbocycles. The summed E-state index contributed by atoms with van der Waals surface area (Å²) in [5, 5.41) is 45.9. The second-order valence-electron chi connectivity index (χ2n) is 18.2. The number of aliphatic imine (C=N–C) groups is 1. The molecule has 8 rings (SSSR count). The molecule has 78 heavy (non-hydrogen) atoms. The number of methoxy groups -OCH3 is 1. The number of phosphoric acid groups is 2. The summed E-state index contributed by atoms with van der Waals surface area (Å²) in [5.41, 5.74) is 10.3. The number of nitrogens with two attached hydrogens (primary N) is 2. The number of aliphatic hydroxyl groups is 4. The smallest absolute Gasteiger partial charge is 0.387 e. The molecule has 432 valence electrons. The van der Waals surface area contributed by atoms with Gasteiger partial charge in [0.1, 0.15) is 54.6 Å². The standard InChI is InChI=1S/C37H55N13O24P4/c1-46(2)21(52)9-16-17(70-33(24(16)53)50-15-47(3)23-31(50)44-36(39)45-32(23)56)10-67-75(58,59)7-8-76(60,61)74-78(64,65)69-12-19-27(28(66-4)35(72-19)49-14-42-22-29(38)40-13-41-30(22)49)73-77(62,63)68-11-18-25(54)26(55)34(71-18)48-6-5-20(51)43-37(48)57/h5-6,13-19,24-28,32-35,53-56H,7-12H2,1-4H3,(H9-,38,39,40,41,43,44,45,51,57,58,59,60,61,62,63,64,65)/p+1/t16-,17-,18-,19?,24-,25-,26-,27-,28-,32?,33-,34-,35-/m1/s1. The summed E-state index contributed by atoms with van der Waals surface area (Å²) in [5.74, 6) is -1.72. The van der Waals surface area contributed by atoms with Crippen molar-refractivity contribution in [1.82, 2.24) is 43.9 Å². The van der Waals surface area contributed by atoms with Gasteiger partial charge in [-0.1, -0.05) is 0 Å². The number of H-pyrrole nitrogens is 1. The maximum Gasteiger partial charge on any atom is 0.479 e. The fourth-order valence-electron chi connectivity index (χ4n) is 8.86. The molecule has 0 radical (unpaired) electrons. The van der Waals surface area contributed by atoms with Crippen LogP contribution in [0.2, 0.25) is 0 Å². The summed E-state index contributed by atoms with van der Waals surface area (Å²) < 4.78 is 107. The lowest BCUT2D eigenvalue weighted by molar-refractivity contribution is -0.682. The molecule has 6 unspecified atom stereocenters. The first-order valence-electron chi connectivity index (χ1n) is 23.0. The largest absolute Gasteiger partial charge is 0.479 e. The maximum absolute atomic E-state index is 13.6. The Morgan fingerprint density at radius 1 is 0.808 bits per heavy atom. The zero-order chi connectivity index (χ0) is 57.0. The highest BCUT2D eigenvalue weighted by molar-refractivity contribution is 7.64. The van der Waals surface area contributed by atoms with Crippen molar-refractivity contribution in [2.24, 2.45) is 23.7 Å². The fraction of sp³-hybridized carbons (Fsp3) is 0.622. The average molecular weight is 1190 g/mol. The molecule has 3 fully saturated rings. The summed E-state index contributed by atoms with van der Waals surface area (Å²) in [6, 6.07) is 0.933. The Hall–Kier alpha value is -4.78. The summed E-state index contributed by atoms with van der Waals surface area (Å²) in [4.78, 5) is 99.5. The number of hydrogen-bond donors (Lipinski definition) is 12. The van der Waals surface area contributed by atoms with Crippen LogP contribution >= 0.6 is 30.8 Å². The van der Waals surface area contributed by atoms with Crippen molar-refractivity contribution in [3.05, 3.63) is 57.8 Å². The van der Waals surface area contributed by atoms with Gasteiger partial charge in [-0.15, -0.1) is 0 Å². The van der Waals surface area contributed by atoms with E-state index in [1.165, 1.54) is 45.4 Å². The predicted molar refractivity (Wildman–Crippen MR) is 256 cm³/mol. The van der Waals surface area contributed by atoms with E-state index >= 15 is 0 Å². The number of aliphatic hydroxyl groups excluding tert-OH is 4. The number of imidazole rings is 2. The summed E-state index contributed by atoms with van der Waals surface area (Å²) >= 11 is 0. The Balaban J connectivity index is 0.923. The number of phosphoric ester groups is 2. The molecule has 3 saturated heterocycles. The predicted octanol–water partition coefficient (Wildman–Crippen LogP) is -4.27. The van der Waals surface area contributed by atoms with Crippen molar-refractivity contribution in [3.63, 3.8) is 0 Å². The zero-order valence-electron chi connectivity index (χ0n) is 41.2. The quantitative estimate of drug-likeness (QED) is 0.0262. The van der Waals surface area contributed by atoms with Crippen LogP contribution in [0.1, 0.15) is 37.0 Å². The molecule has 4 aliphatic rings. The van der Waals surface area contributed by atoms with Gasteiger partial charge in [0.15, 0.2) is 36.1 Å². The molecule has 8 heterocycles. The molecule has 0 aliphatic carbocycles. The number of carbonyl (C=O) groups is 1. The zero-order valence-corrected chi connectivity index (χ0v) is 44.8. The first-order valence-corrected chi connectivity index (χ1v) is 29.5. The Bertz CT molecular complexity index is 3230. The minimum absolute atomic E-state index is 0.0322. The van der Waals surface area contributed by atoms with Gasteiger partial charge in [0.25, 0.3) is 11.4 Å². The number of aromatic amines is 1. The molecule has 14 N–H and O–H groups in total. The average Bonchev–Trinajstić information content (AvgIpc) is 4.23. The van der Waals surface area contributed by atoms with Gasteiger partial charge in [0.2, 0.25) is 24.2 Å². The number of hydrogen-bond acceptors (Lipinski definition) is 27. The SMILES string of the molecule is CO[C@@H]1[C@H](OP(=O)(O)OC[C@H]2O[C@@H](n3ccc(=O)[nH]c3=O)[C@H](O)[C@@H]2O)C(COP(=O)(O)OP(=O)(O)CCP(=O)(O)OC[C@H]2O[C@@H](n3c[n+](C)c4c3N=C(N)NC4O)[C@H](O)[C@@H]2CC(=O)N(C)C)O[C@H]1n1cnc2c(N)ncnc21. The molecule has 4 aliphatic heterocycles. The Labute approximate surface area is 438 Å². The van der Waals surface area contributed by atoms with Gasteiger partial charge in [-0.3, -0.25) is 46.4 Å². The number of guanidine groups is 1. The lowest BCUT2D eigenvalue weighted by Crippen LogP contribution is -2.43. The third-order valence-electron chi connectivity index (χ3n) is 12.7. The van der Waals surface area contributed by atoms with E-state index in [1.807, 2.05) is 4.98 Å². The number of rotatable bonds is 22. The molecule has 37 nitrogen and oxygen atoms in total. The van der Waals surface area contributed by atoms with Crippen molar-refractivity contribution in [2.45, 2.75) is 80.2 Å². The van der Waals surface area contributed by atoms with Gasteiger partial charge in [-0.05, 0) is 0 Å². The minimum atomic E-state index is -5.73. The molecule has 0 bridgehead atoms. The van der Waals surface area contributed by atoms with E-state index in [0.29, 0.717) is 0 Å². The summed E-state index contributed by atoms with van der Waals surface area (Å²) in [6.07, 6.45) is -17.0. The molecule has 41 heteroatoms. The number of fused-ring (bicyclic) bond motifs is 2. The fourth-order valence-corrected chi connectivity index (χ4v) is 14.5. The second kappa shape index (κ2) is 23.0. The Morgan fingerprint density at radius 2 is 1.45 bits per heavy atom. The highest BCUT2D eigenvalue weighted by Gasteiger charge is 2.54. The van der Waals surface area contributed by atoms with E-state index < -0.39 is 160 Å². The molecule has 4 aromatic rings. The van der Waals surface area contributed by atoms with Crippen LogP contribution in [0.5, 0.6) is 0 Å². The first-order chi connectivity index (χ1) is 36.5. The third kappa shape index (κ3) is 12.9. The van der Waals surface area contributed by atoms with Gasteiger partial charge in [-0.2, -0.15) is 9.56 Å². The minimum Gasteiger partial charge on any atom is -0.387 e. The van der Waals surface area contributed by atoms with E-state index in [4.69, 9.17) is 48.5 Å². The van der Waals surface area contributed by atoms with E-state index in [9.17, 15) is 72.6 Å². The van der Waals surface area contributed by atoms with Gasteiger partial charge >= 0.3 is 36.5 Å². The van der Waals surface area contributed by atoms with Crippen LogP contribution < -0.4 is 32.6 Å². The number of anilines is 1. The molecule has 0 saturated carbocycles. The Kier molecular flexibility index (Phi) is 17.5. The second-order valence-corrected chi connectivity index (χ2v) is 25.2. The lowest BCUT2D eigenvalue weighted by atomic mass is 9.94. The number of amides is 1. The van der Waals surface area contributed by atoms with Crippen LogP contribution in [0, 0.1) is 5.92 Å². The monoisotopic (exact) mass is 1190 g/mol. The lowest BCUT2D eigenvalue weighted by Gasteiger charge is -2.26. The van der Waals surface area contributed by atoms with E-state index in [2.05, 4.69) is 29.6 Å². The van der Waals surface area contributed by atoms with Crippen molar-refractivity contribution >= 4 is 65.5 Å². The van der Waals surface area contributed by atoms with Crippen LogP contribution in [-0.2, 0) is 71.5 Å². The van der Waals surface area contributed by atoms with Gasteiger partial charge in [0.05, 0.1) is 51.6 Å².